The monoisotopic (exact) mass is 305 g/mol. The topological polar surface area (TPSA) is 79.4 Å². The molecule has 6 nitrogen and oxygen atoms in total. The molecule has 2 aromatic rings. The number of rotatable bonds is 7. The molecule has 0 aliphatic carbocycles. The Morgan fingerprint density at radius 2 is 2.05 bits per heavy atom. The van der Waals surface area contributed by atoms with Crippen LogP contribution in [0.5, 0.6) is 11.5 Å². The Morgan fingerprint density at radius 1 is 1.27 bits per heavy atom. The van der Waals surface area contributed by atoms with Crippen LogP contribution in [0.2, 0.25) is 0 Å². The van der Waals surface area contributed by atoms with Crippen LogP contribution in [0.4, 0.5) is 0 Å². The molecule has 2 rings (SSSR count). The molecule has 0 bridgehead atoms. The number of aliphatic hydroxyl groups is 1. The van der Waals surface area contributed by atoms with Gasteiger partial charge in [-0.2, -0.15) is 5.10 Å². The number of aryl methyl sites for hydroxylation is 2. The summed E-state index contributed by atoms with van der Waals surface area (Å²) in [4.78, 5) is 0. The second kappa shape index (κ2) is 7.29. The highest BCUT2D eigenvalue weighted by Crippen LogP contribution is 2.29. The Balaban J connectivity index is 2.01. The van der Waals surface area contributed by atoms with Gasteiger partial charge in [0.15, 0.2) is 0 Å². The number of hydrogen-bond acceptors (Lipinski definition) is 5. The van der Waals surface area contributed by atoms with Gasteiger partial charge in [-0.25, -0.2) is 0 Å². The predicted molar refractivity (Wildman–Crippen MR) is 84.3 cm³/mol. The molecule has 0 aliphatic rings. The van der Waals surface area contributed by atoms with Gasteiger partial charge in [0.05, 0.1) is 26.0 Å². The minimum absolute atomic E-state index is 0.410. The molecule has 3 N–H and O–H groups in total. The molecule has 1 aromatic carbocycles. The highest BCUT2D eigenvalue weighted by atomic mass is 16.5. The van der Waals surface area contributed by atoms with E-state index >= 15 is 0 Å². The number of aromatic amines is 1. The molecule has 6 heteroatoms. The van der Waals surface area contributed by atoms with E-state index in [9.17, 15) is 5.11 Å². The molecular formula is C16H23N3O3. The van der Waals surface area contributed by atoms with Crippen LogP contribution in [0.15, 0.2) is 18.2 Å². The number of H-pyrrole nitrogens is 1. The third kappa shape index (κ3) is 3.58. The van der Waals surface area contributed by atoms with E-state index in [1.807, 2.05) is 13.8 Å². The first kappa shape index (κ1) is 16.3. The van der Waals surface area contributed by atoms with Gasteiger partial charge in [0.1, 0.15) is 11.5 Å². The van der Waals surface area contributed by atoms with Crippen molar-refractivity contribution in [1.82, 2.24) is 15.5 Å². The fourth-order valence-corrected chi connectivity index (χ4v) is 2.38. The number of aromatic nitrogens is 2. The van der Waals surface area contributed by atoms with E-state index in [2.05, 4.69) is 15.5 Å². The predicted octanol–water partition coefficient (Wildman–Crippen LogP) is 1.87. The van der Waals surface area contributed by atoms with Crippen LogP contribution in [0.25, 0.3) is 0 Å². The summed E-state index contributed by atoms with van der Waals surface area (Å²) in [5.41, 5.74) is 3.84. The largest absolute Gasteiger partial charge is 0.497 e. The average Bonchev–Trinajstić information content (AvgIpc) is 2.85. The molecule has 0 saturated carbocycles. The third-order valence-electron chi connectivity index (χ3n) is 3.72. The van der Waals surface area contributed by atoms with Crippen molar-refractivity contribution in [2.24, 2.45) is 0 Å². The summed E-state index contributed by atoms with van der Waals surface area (Å²) in [7, 11) is 3.18. The lowest BCUT2D eigenvalue weighted by molar-refractivity contribution is 0.169. The number of benzene rings is 1. The normalized spacial score (nSPS) is 12.2. The molecule has 0 fully saturated rings. The lowest BCUT2D eigenvalue weighted by Gasteiger charge is -2.16. The summed E-state index contributed by atoms with van der Waals surface area (Å²) in [6.07, 6.45) is -0.683. The summed E-state index contributed by atoms with van der Waals surface area (Å²) >= 11 is 0. The minimum Gasteiger partial charge on any atom is -0.497 e. The Kier molecular flexibility index (Phi) is 5.41. The molecule has 1 unspecified atom stereocenters. The van der Waals surface area contributed by atoms with Crippen LogP contribution in [0.3, 0.4) is 0 Å². The van der Waals surface area contributed by atoms with Gasteiger partial charge in [-0.05, 0) is 32.0 Å². The van der Waals surface area contributed by atoms with Gasteiger partial charge in [0.2, 0.25) is 0 Å². The zero-order chi connectivity index (χ0) is 16.1. The molecule has 0 spiro atoms. The van der Waals surface area contributed by atoms with E-state index in [0.29, 0.717) is 30.2 Å². The lowest BCUT2D eigenvalue weighted by atomic mass is 10.1. The van der Waals surface area contributed by atoms with Gasteiger partial charge in [0, 0.05) is 29.9 Å². The van der Waals surface area contributed by atoms with E-state index in [-0.39, 0.29) is 0 Å². The Hall–Kier alpha value is -2.05. The number of nitrogens with zero attached hydrogens (tertiary/aromatic N) is 1. The second-order valence-electron chi connectivity index (χ2n) is 5.17. The van der Waals surface area contributed by atoms with Gasteiger partial charge in [0.25, 0.3) is 0 Å². The zero-order valence-corrected chi connectivity index (χ0v) is 13.4. The molecule has 0 amide bonds. The zero-order valence-electron chi connectivity index (χ0n) is 13.4. The summed E-state index contributed by atoms with van der Waals surface area (Å²) < 4.78 is 10.5. The van der Waals surface area contributed by atoms with Crippen LogP contribution < -0.4 is 14.8 Å². The SMILES string of the molecule is COc1ccc(OC)c(C(O)CNCc2c(C)n[nH]c2C)c1. The number of hydrogen-bond donors (Lipinski definition) is 3. The molecule has 0 saturated heterocycles. The maximum atomic E-state index is 10.4. The molecule has 0 radical (unpaired) electrons. The summed E-state index contributed by atoms with van der Waals surface area (Å²) in [5.74, 6) is 1.34. The maximum Gasteiger partial charge on any atom is 0.124 e. The first-order chi connectivity index (χ1) is 10.6. The third-order valence-corrected chi connectivity index (χ3v) is 3.72. The number of ether oxygens (including phenoxy) is 2. The molecule has 22 heavy (non-hydrogen) atoms. The van der Waals surface area contributed by atoms with E-state index in [1.165, 1.54) is 0 Å². The van der Waals surface area contributed by atoms with Crippen LogP contribution >= 0.6 is 0 Å². The van der Waals surface area contributed by atoms with E-state index in [4.69, 9.17) is 9.47 Å². The molecule has 0 aliphatic heterocycles. The summed E-state index contributed by atoms with van der Waals surface area (Å²) in [5, 5.41) is 20.8. The van der Waals surface area contributed by atoms with Gasteiger partial charge < -0.3 is 19.9 Å². The van der Waals surface area contributed by atoms with Crippen molar-refractivity contribution in [1.29, 1.82) is 0 Å². The molecule has 1 atom stereocenters. The van der Waals surface area contributed by atoms with Crippen LogP contribution in [0, 0.1) is 13.8 Å². The van der Waals surface area contributed by atoms with Gasteiger partial charge in [-0.15, -0.1) is 0 Å². The summed E-state index contributed by atoms with van der Waals surface area (Å²) in [6.45, 7) is 5.01. The first-order valence-corrected chi connectivity index (χ1v) is 7.18. The van der Waals surface area contributed by atoms with Crippen molar-refractivity contribution in [3.63, 3.8) is 0 Å². The van der Waals surface area contributed by atoms with E-state index < -0.39 is 6.10 Å². The van der Waals surface area contributed by atoms with Crippen LogP contribution in [0.1, 0.15) is 28.6 Å². The maximum absolute atomic E-state index is 10.4. The van der Waals surface area contributed by atoms with E-state index in [1.54, 1.807) is 32.4 Å². The molecule has 1 aromatic heterocycles. The minimum atomic E-state index is -0.683. The molecule has 120 valence electrons. The second-order valence-corrected chi connectivity index (χ2v) is 5.17. The van der Waals surface area contributed by atoms with Crippen LogP contribution in [-0.4, -0.2) is 36.1 Å². The van der Waals surface area contributed by atoms with E-state index in [0.717, 1.165) is 17.0 Å². The Labute approximate surface area is 130 Å². The molecular weight excluding hydrogens is 282 g/mol. The van der Waals surface area contributed by atoms with Crippen molar-refractivity contribution in [3.05, 3.63) is 40.7 Å². The van der Waals surface area contributed by atoms with Gasteiger partial charge >= 0.3 is 0 Å². The van der Waals surface area contributed by atoms with Crippen LogP contribution in [-0.2, 0) is 6.54 Å². The molecule has 1 heterocycles. The first-order valence-electron chi connectivity index (χ1n) is 7.18. The number of aliphatic hydroxyl groups excluding tert-OH is 1. The Bertz CT molecular complexity index is 606. The number of methoxy groups -OCH3 is 2. The van der Waals surface area contributed by atoms with Crippen molar-refractivity contribution in [3.8, 4) is 11.5 Å². The fraction of sp³-hybridized carbons (Fsp3) is 0.438. The lowest BCUT2D eigenvalue weighted by Crippen LogP contribution is -2.22. The standard InChI is InChI=1S/C16H23N3O3/c1-10-14(11(2)19-18-10)8-17-9-15(20)13-7-12(21-3)5-6-16(13)22-4/h5-7,15,17,20H,8-9H2,1-4H3,(H,18,19). The fourth-order valence-electron chi connectivity index (χ4n) is 2.38. The average molecular weight is 305 g/mol. The summed E-state index contributed by atoms with van der Waals surface area (Å²) in [6, 6.07) is 5.39. The van der Waals surface area contributed by atoms with Gasteiger partial charge in [-0.1, -0.05) is 0 Å². The smallest absolute Gasteiger partial charge is 0.124 e. The number of nitrogens with one attached hydrogen (secondary N) is 2. The van der Waals surface area contributed by atoms with Crippen molar-refractivity contribution in [2.75, 3.05) is 20.8 Å². The quantitative estimate of drug-likeness (QED) is 0.728. The van der Waals surface area contributed by atoms with Crippen molar-refractivity contribution < 1.29 is 14.6 Å². The van der Waals surface area contributed by atoms with Crippen molar-refractivity contribution in [2.45, 2.75) is 26.5 Å². The Morgan fingerprint density at radius 3 is 2.64 bits per heavy atom. The van der Waals surface area contributed by atoms with Gasteiger partial charge in [-0.3, -0.25) is 5.10 Å². The highest BCUT2D eigenvalue weighted by molar-refractivity contribution is 5.41. The van der Waals surface area contributed by atoms with Crippen molar-refractivity contribution >= 4 is 0 Å². The highest BCUT2D eigenvalue weighted by Gasteiger charge is 2.15.